The third-order valence-corrected chi connectivity index (χ3v) is 4.12. The van der Waals surface area contributed by atoms with Crippen LogP contribution in [0.3, 0.4) is 0 Å². The van der Waals surface area contributed by atoms with Gasteiger partial charge in [-0.1, -0.05) is 37.3 Å². The molecular formula is C15H20O4. The summed E-state index contributed by atoms with van der Waals surface area (Å²) in [7, 11) is 0. The third kappa shape index (κ3) is 2.30. The van der Waals surface area contributed by atoms with Gasteiger partial charge in [0, 0.05) is 5.92 Å². The van der Waals surface area contributed by atoms with Gasteiger partial charge in [-0.15, -0.1) is 0 Å². The van der Waals surface area contributed by atoms with Gasteiger partial charge >= 0.3 is 0 Å². The molecule has 0 unspecified atom stereocenters. The number of aliphatic hydroxyl groups is 1. The first-order valence-electron chi connectivity index (χ1n) is 6.74. The molecule has 0 radical (unpaired) electrons. The van der Waals surface area contributed by atoms with E-state index >= 15 is 0 Å². The Morgan fingerprint density at radius 3 is 2.84 bits per heavy atom. The second-order valence-electron chi connectivity index (χ2n) is 5.63. The van der Waals surface area contributed by atoms with Gasteiger partial charge in [-0.25, -0.2) is 0 Å². The maximum atomic E-state index is 10.6. The second-order valence-corrected chi connectivity index (χ2v) is 5.63. The van der Waals surface area contributed by atoms with E-state index in [2.05, 4.69) is 0 Å². The predicted molar refractivity (Wildman–Crippen MR) is 69.4 cm³/mol. The molecule has 4 heteroatoms. The highest BCUT2D eigenvalue weighted by Gasteiger charge is 2.55. The summed E-state index contributed by atoms with van der Waals surface area (Å²) in [5.41, 5.74) is 0.0894. The van der Waals surface area contributed by atoms with Crippen LogP contribution in [0, 0.1) is 5.92 Å². The normalized spacial score (nSPS) is 41.4. The van der Waals surface area contributed by atoms with E-state index in [1.165, 1.54) is 0 Å². The average molecular weight is 264 g/mol. The molecule has 5 atom stereocenters. The highest BCUT2D eigenvalue weighted by Crippen LogP contribution is 2.40. The van der Waals surface area contributed by atoms with Gasteiger partial charge < -0.3 is 19.3 Å². The monoisotopic (exact) mass is 264 g/mol. The first kappa shape index (κ1) is 13.1. The van der Waals surface area contributed by atoms with Gasteiger partial charge in [0.15, 0.2) is 6.29 Å². The zero-order valence-electron chi connectivity index (χ0n) is 11.3. The van der Waals surface area contributed by atoms with Crippen molar-refractivity contribution in [3.05, 3.63) is 35.9 Å². The van der Waals surface area contributed by atoms with Crippen molar-refractivity contribution in [1.29, 1.82) is 0 Å². The van der Waals surface area contributed by atoms with E-state index in [1.807, 2.05) is 37.3 Å². The average Bonchev–Trinajstić information content (AvgIpc) is 2.86. The molecule has 19 heavy (non-hydrogen) atoms. The molecule has 2 saturated heterocycles. The van der Waals surface area contributed by atoms with Crippen LogP contribution in [-0.4, -0.2) is 35.8 Å². The lowest BCUT2D eigenvalue weighted by Crippen LogP contribution is -2.59. The SMILES string of the molecule is C[C@@H]1[C@H]2OC[C@H](O2)[C@@](C)(O)[C@H]1OCc1ccccc1. The number of fused-ring (bicyclic) bond motifs is 2. The van der Waals surface area contributed by atoms with Gasteiger partial charge in [0.25, 0.3) is 0 Å². The number of hydrogen-bond donors (Lipinski definition) is 1. The van der Waals surface area contributed by atoms with Crippen molar-refractivity contribution < 1.29 is 19.3 Å². The molecule has 2 fully saturated rings. The molecule has 1 N–H and O–H groups in total. The van der Waals surface area contributed by atoms with Crippen molar-refractivity contribution in [3.8, 4) is 0 Å². The van der Waals surface area contributed by atoms with Crippen molar-refractivity contribution in [1.82, 2.24) is 0 Å². The Balaban J connectivity index is 1.72. The van der Waals surface area contributed by atoms with Crippen LogP contribution in [0.2, 0.25) is 0 Å². The molecule has 2 heterocycles. The highest BCUT2D eigenvalue weighted by atomic mass is 16.7. The summed E-state index contributed by atoms with van der Waals surface area (Å²) < 4.78 is 17.2. The molecule has 1 aromatic carbocycles. The van der Waals surface area contributed by atoms with Gasteiger partial charge in [0.1, 0.15) is 11.7 Å². The van der Waals surface area contributed by atoms with Crippen LogP contribution in [0.4, 0.5) is 0 Å². The Kier molecular flexibility index (Phi) is 3.35. The topological polar surface area (TPSA) is 47.9 Å². The van der Waals surface area contributed by atoms with Crippen LogP contribution in [0.15, 0.2) is 30.3 Å². The van der Waals surface area contributed by atoms with Crippen LogP contribution in [0.1, 0.15) is 19.4 Å². The van der Waals surface area contributed by atoms with Crippen LogP contribution in [0.25, 0.3) is 0 Å². The number of ether oxygens (including phenoxy) is 3. The summed E-state index contributed by atoms with van der Waals surface area (Å²) in [6.45, 7) is 4.70. The van der Waals surface area contributed by atoms with Gasteiger partial charge in [0.05, 0.1) is 19.3 Å². The van der Waals surface area contributed by atoms with E-state index in [-0.39, 0.29) is 24.4 Å². The highest BCUT2D eigenvalue weighted by molar-refractivity contribution is 5.13. The molecule has 3 rings (SSSR count). The molecular weight excluding hydrogens is 244 g/mol. The zero-order valence-corrected chi connectivity index (χ0v) is 11.3. The fourth-order valence-electron chi connectivity index (χ4n) is 2.94. The predicted octanol–water partition coefficient (Wildman–Crippen LogP) is 1.71. The Morgan fingerprint density at radius 2 is 2.11 bits per heavy atom. The van der Waals surface area contributed by atoms with E-state index in [0.717, 1.165) is 5.56 Å². The third-order valence-electron chi connectivity index (χ3n) is 4.12. The molecule has 1 aromatic rings. The lowest BCUT2D eigenvalue weighted by Gasteiger charge is -2.43. The minimum atomic E-state index is -1.01. The van der Waals surface area contributed by atoms with Crippen molar-refractivity contribution in [2.24, 2.45) is 5.92 Å². The molecule has 2 aliphatic heterocycles. The van der Waals surface area contributed by atoms with E-state index in [1.54, 1.807) is 6.92 Å². The smallest absolute Gasteiger partial charge is 0.163 e. The number of hydrogen-bond acceptors (Lipinski definition) is 4. The first-order chi connectivity index (χ1) is 9.09. The fourth-order valence-corrected chi connectivity index (χ4v) is 2.94. The lowest BCUT2D eigenvalue weighted by molar-refractivity contribution is -0.253. The molecule has 0 saturated carbocycles. The minimum absolute atomic E-state index is 0.0115. The number of rotatable bonds is 3. The van der Waals surface area contributed by atoms with Crippen LogP contribution in [0.5, 0.6) is 0 Å². The molecule has 4 nitrogen and oxygen atoms in total. The molecule has 0 aliphatic carbocycles. The van der Waals surface area contributed by atoms with Crippen molar-refractivity contribution in [2.75, 3.05) is 6.61 Å². The van der Waals surface area contributed by atoms with Crippen LogP contribution >= 0.6 is 0 Å². The molecule has 0 aromatic heterocycles. The molecule has 104 valence electrons. The molecule has 0 spiro atoms. The van der Waals surface area contributed by atoms with E-state index < -0.39 is 5.60 Å². The first-order valence-corrected chi connectivity index (χ1v) is 6.74. The van der Waals surface area contributed by atoms with Crippen molar-refractivity contribution in [2.45, 2.75) is 44.6 Å². The second kappa shape index (κ2) is 4.87. The van der Waals surface area contributed by atoms with E-state index in [4.69, 9.17) is 14.2 Å². The van der Waals surface area contributed by atoms with E-state index in [9.17, 15) is 5.11 Å². The summed E-state index contributed by atoms with van der Waals surface area (Å²) in [5.74, 6) is 0.0115. The fraction of sp³-hybridized carbons (Fsp3) is 0.600. The lowest BCUT2D eigenvalue weighted by atomic mass is 9.83. The standard InChI is InChI=1S/C15H20O4/c1-10-13(17-8-11-6-4-3-5-7-11)15(2,16)12-9-18-14(10)19-12/h3-7,10,12-14,16H,8-9H2,1-2H3/t10-,12-,13-,14-,15+/m0/s1. The van der Waals surface area contributed by atoms with Gasteiger partial charge in [-0.05, 0) is 12.5 Å². The number of benzene rings is 1. The Labute approximate surface area is 113 Å². The summed E-state index contributed by atoms with van der Waals surface area (Å²) in [5, 5.41) is 10.6. The molecule has 0 amide bonds. The molecule has 2 bridgehead atoms. The maximum Gasteiger partial charge on any atom is 0.163 e. The quantitative estimate of drug-likeness (QED) is 0.903. The summed E-state index contributed by atoms with van der Waals surface area (Å²) in [4.78, 5) is 0. The van der Waals surface area contributed by atoms with E-state index in [0.29, 0.717) is 13.2 Å². The van der Waals surface area contributed by atoms with Crippen LogP contribution in [-0.2, 0) is 20.8 Å². The van der Waals surface area contributed by atoms with Gasteiger partial charge in [-0.3, -0.25) is 0 Å². The van der Waals surface area contributed by atoms with Crippen molar-refractivity contribution in [3.63, 3.8) is 0 Å². The summed E-state index contributed by atoms with van der Waals surface area (Å²) in [6.07, 6.45) is -0.834. The Morgan fingerprint density at radius 1 is 1.37 bits per heavy atom. The van der Waals surface area contributed by atoms with Gasteiger partial charge in [0.2, 0.25) is 0 Å². The molecule has 2 aliphatic rings. The summed E-state index contributed by atoms with van der Waals surface area (Å²) >= 11 is 0. The Bertz CT molecular complexity index is 431. The minimum Gasteiger partial charge on any atom is -0.385 e. The maximum absolute atomic E-state index is 10.6. The largest absolute Gasteiger partial charge is 0.385 e. The van der Waals surface area contributed by atoms with Crippen LogP contribution < -0.4 is 0 Å². The summed E-state index contributed by atoms with van der Waals surface area (Å²) in [6, 6.07) is 9.98. The van der Waals surface area contributed by atoms with Crippen molar-refractivity contribution >= 4 is 0 Å². The van der Waals surface area contributed by atoms with Gasteiger partial charge in [-0.2, -0.15) is 0 Å². The Hall–Kier alpha value is -0.940. The zero-order chi connectivity index (χ0) is 13.5.